The van der Waals surface area contributed by atoms with Gasteiger partial charge in [0.15, 0.2) is 6.10 Å². The van der Waals surface area contributed by atoms with Gasteiger partial charge in [-0.05, 0) is 59.0 Å². The molecule has 0 bridgehead atoms. The van der Waals surface area contributed by atoms with Gasteiger partial charge in [-0.2, -0.15) is 9.29 Å². The molecule has 43 heavy (non-hydrogen) atoms. The summed E-state index contributed by atoms with van der Waals surface area (Å²) in [5, 5.41) is 18.8. The van der Waals surface area contributed by atoms with E-state index < -0.39 is 16.1 Å². The van der Waals surface area contributed by atoms with Gasteiger partial charge in [-0.1, -0.05) is 36.4 Å². The zero-order valence-electron chi connectivity index (χ0n) is 24.0. The van der Waals surface area contributed by atoms with Gasteiger partial charge in [0, 0.05) is 13.6 Å². The first kappa shape index (κ1) is 29.7. The molecule has 4 atom stereocenters. The van der Waals surface area contributed by atoms with Crippen LogP contribution in [0, 0.1) is 6.92 Å². The molecule has 0 aliphatic carbocycles. The Morgan fingerprint density at radius 3 is 2.37 bits per heavy atom. The largest absolute Gasteiger partial charge is 0.456 e. The number of sulfonamides is 1. The molecule has 0 amide bonds. The molecular weight excluding hydrogens is 574 g/mol. The number of rotatable bonds is 11. The van der Waals surface area contributed by atoms with Gasteiger partial charge in [-0.3, -0.25) is 0 Å². The lowest BCUT2D eigenvalue weighted by molar-refractivity contribution is 0.00706. The zero-order chi connectivity index (χ0) is 30.1. The van der Waals surface area contributed by atoms with Gasteiger partial charge in [-0.15, -0.1) is 0 Å². The van der Waals surface area contributed by atoms with E-state index in [9.17, 15) is 13.5 Å². The lowest BCUT2D eigenvalue weighted by Gasteiger charge is -2.17. The molecule has 6 rings (SSSR count). The fraction of sp³-hybridized carbons (Fsp3) is 0.387. The minimum atomic E-state index is -3.65. The molecule has 0 spiro atoms. The first-order valence-electron chi connectivity index (χ1n) is 14.2. The molecule has 3 aromatic carbocycles. The minimum absolute atomic E-state index is 0.102. The summed E-state index contributed by atoms with van der Waals surface area (Å²) in [5.74, 6) is 0. The Morgan fingerprint density at radius 2 is 1.65 bits per heavy atom. The fourth-order valence-corrected chi connectivity index (χ4v) is 6.67. The van der Waals surface area contributed by atoms with Gasteiger partial charge in [-0.25, -0.2) is 8.42 Å². The maximum absolute atomic E-state index is 12.9. The molecule has 0 radical (unpaired) electrons. The maximum atomic E-state index is 12.9. The number of aromatic nitrogens is 2. The van der Waals surface area contributed by atoms with Crippen molar-refractivity contribution in [3.8, 4) is 28.3 Å². The van der Waals surface area contributed by atoms with Crippen LogP contribution in [0.15, 0.2) is 65.6 Å². The summed E-state index contributed by atoms with van der Waals surface area (Å²) in [6.45, 7) is 3.09. The van der Waals surface area contributed by atoms with Crippen molar-refractivity contribution in [2.75, 3.05) is 46.6 Å². The summed E-state index contributed by atoms with van der Waals surface area (Å²) in [7, 11) is -2.14. The summed E-state index contributed by atoms with van der Waals surface area (Å²) < 4.78 is 49.6. The summed E-state index contributed by atoms with van der Waals surface area (Å²) in [5.41, 5.74) is 6.62. The van der Waals surface area contributed by atoms with Crippen LogP contribution in [0.5, 0.6) is 6.01 Å². The van der Waals surface area contributed by atoms with Crippen molar-refractivity contribution in [2.45, 2.75) is 36.2 Å². The average Bonchev–Trinajstić information content (AvgIpc) is 3.71. The highest BCUT2D eigenvalue weighted by Gasteiger charge is 2.48. The Hall–Kier alpha value is -3.36. The second-order valence-corrected chi connectivity index (χ2v) is 12.9. The molecule has 2 aliphatic heterocycles. The number of fused-ring (bicyclic) bond motifs is 2. The number of hydrogen-bond acceptors (Lipinski definition) is 9. The van der Waals surface area contributed by atoms with Crippen molar-refractivity contribution in [3.63, 3.8) is 0 Å². The SMILES string of the molecule is Cc1cc2[nH]c(O[C@@H]3CO[C@H]4[C@@H]3OC[C@H]4O)nc2cc1-c1ccc(-c2ccc(S(=O)(=O)N(C)CCOCCO)cc2)cc1. The van der Waals surface area contributed by atoms with Crippen LogP contribution in [-0.2, 0) is 24.2 Å². The molecule has 11 nitrogen and oxygen atoms in total. The highest BCUT2D eigenvalue weighted by Crippen LogP contribution is 2.33. The summed E-state index contributed by atoms with van der Waals surface area (Å²) in [4.78, 5) is 8.08. The lowest BCUT2D eigenvalue weighted by Crippen LogP contribution is -2.34. The predicted molar refractivity (Wildman–Crippen MR) is 159 cm³/mol. The number of ether oxygens (including phenoxy) is 4. The number of aryl methyl sites for hydroxylation is 1. The Balaban J connectivity index is 1.15. The van der Waals surface area contributed by atoms with Gasteiger partial charge < -0.3 is 34.1 Å². The van der Waals surface area contributed by atoms with Crippen molar-refractivity contribution < 1.29 is 37.6 Å². The number of aliphatic hydroxyl groups excluding tert-OH is 2. The number of hydrogen-bond donors (Lipinski definition) is 3. The van der Waals surface area contributed by atoms with Crippen LogP contribution >= 0.6 is 0 Å². The third kappa shape index (κ3) is 6.04. The smallest absolute Gasteiger partial charge is 0.295 e. The van der Waals surface area contributed by atoms with Crippen molar-refractivity contribution >= 4 is 21.1 Å². The van der Waals surface area contributed by atoms with Gasteiger partial charge >= 0.3 is 0 Å². The molecule has 3 N–H and O–H groups in total. The van der Waals surface area contributed by atoms with Crippen molar-refractivity contribution in [1.82, 2.24) is 14.3 Å². The van der Waals surface area contributed by atoms with E-state index in [2.05, 4.69) is 9.97 Å². The lowest BCUT2D eigenvalue weighted by atomic mass is 9.97. The number of imidazole rings is 1. The molecule has 1 aromatic heterocycles. The summed E-state index contributed by atoms with van der Waals surface area (Å²) in [6, 6.07) is 19.4. The molecule has 2 saturated heterocycles. The molecule has 12 heteroatoms. The standard InChI is InChI=1S/C31H35N3O8S/c1-19-15-25-26(33-31(32-25)42-28-18-41-29-27(36)17-40-30(28)29)16-24(19)22-5-3-20(4-6-22)21-7-9-23(10-8-21)43(37,38)34(2)11-13-39-14-12-35/h3-10,15-16,27-30,35-36H,11-14,17-18H2,1-2H3,(H,32,33)/t27-,28-,29-,30-/m1/s1. The third-order valence-electron chi connectivity index (χ3n) is 7.93. The molecular formula is C31H35N3O8S. The van der Waals surface area contributed by atoms with Crippen LogP contribution in [-0.4, -0.2) is 104 Å². The van der Waals surface area contributed by atoms with Crippen LogP contribution in [0.3, 0.4) is 0 Å². The van der Waals surface area contributed by atoms with E-state index in [0.29, 0.717) is 12.6 Å². The van der Waals surface area contributed by atoms with Crippen molar-refractivity contribution in [1.29, 1.82) is 0 Å². The maximum Gasteiger partial charge on any atom is 0.295 e. The predicted octanol–water partition coefficient (Wildman–Crippen LogP) is 2.74. The van der Waals surface area contributed by atoms with E-state index in [4.69, 9.17) is 24.1 Å². The van der Waals surface area contributed by atoms with E-state index >= 15 is 0 Å². The molecule has 3 heterocycles. The van der Waals surface area contributed by atoms with E-state index in [1.807, 2.05) is 43.3 Å². The number of nitrogens with zero attached hydrogens (tertiary/aromatic N) is 2. The van der Waals surface area contributed by atoms with Crippen molar-refractivity contribution in [3.05, 3.63) is 66.2 Å². The molecule has 4 aromatic rings. The highest BCUT2D eigenvalue weighted by atomic mass is 32.2. The highest BCUT2D eigenvalue weighted by molar-refractivity contribution is 7.89. The number of aromatic amines is 1. The van der Waals surface area contributed by atoms with Crippen LogP contribution in [0.1, 0.15) is 5.56 Å². The second kappa shape index (κ2) is 12.3. The number of likely N-dealkylation sites (N-methyl/N-ethyl adjacent to an activating group) is 1. The van der Waals surface area contributed by atoms with E-state index in [1.54, 1.807) is 24.3 Å². The molecule has 0 saturated carbocycles. The normalized spacial score (nSPS) is 22.0. The second-order valence-electron chi connectivity index (χ2n) is 10.8. The van der Waals surface area contributed by atoms with Gasteiger partial charge in [0.2, 0.25) is 10.0 Å². The fourth-order valence-electron chi connectivity index (χ4n) is 5.52. The molecule has 0 unspecified atom stereocenters. The summed E-state index contributed by atoms with van der Waals surface area (Å²) in [6.07, 6.45) is -1.66. The number of aliphatic hydroxyl groups is 2. The molecule has 2 aliphatic rings. The molecule has 228 valence electrons. The van der Waals surface area contributed by atoms with Crippen LogP contribution in [0.4, 0.5) is 0 Å². The first-order valence-corrected chi connectivity index (χ1v) is 15.6. The number of H-pyrrole nitrogens is 1. The van der Waals surface area contributed by atoms with Crippen LogP contribution in [0.25, 0.3) is 33.3 Å². The quantitative estimate of drug-likeness (QED) is 0.219. The Bertz CT molecular complexity index is 1670. The zero-order valence-corrected chi connectivity index (χ0v) is 24.8. The van der Waals surface area contributed by atoms with Gasteiger partial charge in [0.25, 0.3) is 6.01 Å². The Kier molecular flexibility index (Phi) is 8.51. The average molecular weight is 610 g/mol. The monoisotopic (exact) mass is 609 g/mol. The topological polar surface area (TPSA) is 143 Å². The molecule has 2 fully saturated rings. The van der Waals surface area contributed by atoms with Crippen molar-refractivity contribution in [2.24, 2.45) is 0 Å². The third-order valence-corrected chi connectivity index (χ3v) is 9.80. The van der Waals surface area contributed by atoms with Gasteiger partial charge in [0.1, 0.15) is 18.3 Å². The minimum Gasteiger partial charge on any atom is -0.456 e. The first-order chi connectivity index (χ1) is 20.7. The van der Waals surface area contributed by atoms with E-state index in [-0.39, 0.29) is 56.2 Å². The Labute approximate surface area is 250 Å². The Morgan fingerprint density at radius 1 is 0.977 bits per heavy atom. The van der Waals surface area contributed by atoms with E-state index in [0.717, 1.165) is 38.9 Å². The van der Waals surface area contributed by atoms with Gasteiger partial charge in [0.05, 0.1) is 49.0 Å². The van der Waals surface area contributed by atoms with Crippen LogP contribution in [0.2, 0.25) is 0 Å². The van der Waals surface area contributed by atoms with E-state index in [1.165, 1.54) is 11.4 Å². The summed E-state index contributed by atoms with van der Waals surface area (Å²) >= 11 is 0. The number of nitrogens with one attached hydrogen (secondary N) is 1. The van der Waals surface area contributed by atoms with Crippen LogP contribution < -0.4 is 4.74 Å². The number of benzene rings is 3.